The number of benzene rings is 3. The Hall–Kier alpha value is -2.61. The molecule has 0 radical (unpaired) electrons. The molecule has 0 unspecified atom stereocenters. The van der Waals surface area contributed by atoms with Crippen molar-refractivity contribution in [2.45, 2.75) is 0 Å². The quantitative estimate of drug-likeness (QED) is 0.513. The summed E-state index contributed by atoms with van der Waals surface area (Å²) in [5.41, 5.74) is 3.45. The summed E-state index contributed by atoms with van der Waals surface area (Å²) in [6.07, 6.45) is 0. The normalized spacial score (nSPS) is 12.5. The monoisotopic (exact) mass is 246 g/mol. The first-order chi connectivity index (χ1) is 9.24. The fourth-order valence-corrected chi connectivity index (χ4v) is 2.76. The number of rotatable bonds is 0. The number of aromatic hydroxyl groups is 1. The van der Waals surface area contributed by atoms with Crippen LogP contribution in [0.1, 0.15) is 15.9 Å². The number of carbonyl (C=O) groups is 1. The first-order valence-corrected chi connectivity index (χ1v) is 6.15. The zero-order valence-corrected chi connectivity index (χ0v) is 10.1. The van der Waals surface area contributed by atoms with Crippen LogP contribution in [0.5, 0.6) is 5.75 Å². The molecule has 0 fully saturated rings. The van der Waals surface area contributed by atoms with E-state index >= 15 is 0 Å². The summed E-state index contributed by atoms with van der Waals surface area (Å²) in [4.78, 5) is 12.3. The van der Waals surface area contributed by atoms with Gasteiger partial charge in [-0.1, -0.05) is 30.3 Å². The molecule has 3 aromatic rings. The average Bonchev–Trinajstić information content (AvgIpc) is 2.70. The molecule has 1 aliphatic carbocycles. The average molecular weight is 246 g/mol. The maximum atomic E-state index is 12.3. The van der Waals surface area contributed by atoms with Gasteiger partial charge in [0, 0.05) is 11.1 Å². The Morgan fingerprint density at radius 3 is 2.26 bits per heavy atom. The van der Waals surface area contributed by atoms with E-state index in [0.29, 0.717) is 0 Å². The third-order valence-electron chi connectivity index (χ3n) is 3.67. The molecule has 1 N–H and O–H groups in total. The van der Waals surface area contributed by atoms with E-state index in [1.54, 1.807) is 12.1 Å². The van der Waals surface area contributed by atoms with E-state index in [9.17, 15) is 9.90 Å². The zero-order chi connectivity index (χ0) is 13.0. The maximum absolute atomic E-state index is 12.3. The van der Waals surface area contributed by atoms with E-state index in [2.05, 4.69) is 0 Å². The minimum atomic E-state index is 0.0839. The highest BCUT2D eigenvalue weighted by Crippen LogP contribution is 2.39. The second-order valence-electron chi connectivity index (χ2n) is 4.80. The van der Waals surface area contributed by atoms with Gasteiger partial charge in [-0.05, 0) is 46.2 Å². The third kappa shape index (κ3) is 1.34. The highest BCUT2D eigenvalue weighted by Gasteiger charge is 2.26. The van der Waals surface area contributed by atoms with Crippen molar-refractivity contribution in [2.75, 3.05) is 0 Å². The molecule has 0 saturated heterocycles. The predicted molar refractivity (Wildman–Crippen MR) is 74.5 cm³/mol. The molecule has 0 heterocycles. The van der Waals surface area contributed by atoms with Crippen LogP contribution in [0.2, 0.25) is 0 Å². The highest BCUT2D eigenvalue weighted by atomic mass is 16.3. The fourth-order valence-electron chi connectivity index (χ4n) is 2.76. The van der Waals surface area contributed by atoms with Crippen LogP contribution in [-0.4, -0.2) is 10.9 Å². The largest absolute Gasteiger partial charge is 0.508 e. The Bertz CT molecular complexity index is 847. The lowest BCUT2D eigenvalue weighted by Gasteiger charge is -2.04. The second-order valence-corrected chi connectivity index (χ2v) is 4.80. The molecule has 0 bridgehead atoms. The number of carbonyl (C=O) groups excluding carboxylic acids is 1. The maximum Gasteiger partial charge on any atom is 0.194 e. The predicted octanol–water partition coefficient (Wildman–Crippen LogP) is 3.76. The summed E-state index contributed by atoms with van der Waals surface area (Å²) < 4.78 is 0. The molecule has 1 aliphatic rings. The SMILES string of the molecule is O=C1c2ccccc2-c2cc3cc(O)ccc3cc21. The molecule has 0 atom stereocenters. The topological polar surface area (TPSA) is 37.3 Å². The van der Waals surface area contributed by atoms with Gasteiger partial charge < -0.3 is 5.11 Å². The number of fused-ring (bicyclic) bond motifs is 4. The Morgan fingerprint density at radius 2 is 1.42 bits per heavy atom. The van der Waals surface area contributed by atoms with Gasteiger partial charge in [-0.25, -0.2) is 0 Å². The Labute approximate surface area is 109 Å². The van der Waals surface area contributed by atoms with Gasteiger partial charge in [-0.3, -0.25) is 4.79 Å². The summed E-state index contributed by atoms with van der Waals surface area (Å²) >= 11 is 0. The summed E-state index contributed by atoms with van der Waals surface area (Å²) in [6, 6.07) is 16.7. The van der Waals surface area contributed by atoms with Gasteiger partial charge in [-0.15, -0.1) is 0 Å². The van der Waals surface area contributed by atoms with Crippen molar-refractivity contribution in [3.63, 3.8) is 0 Å². The van der Waals surface area contributed by atoms with Crippen LogP contribution in [0.25, 0.3) is 21.9 Å². The summed E-state index contributed by atoms with van der Waals surface area (Å²) in [5, 5.41) is 11.5. The first kappa shape index (κ1) is 10.3. The molecule has 3 aromatic carbocycles. The van der Waals surface area contributed by atoms with E-state index in [1.807, 2.05) is 42.5 Å². The fraction of sp³-hybridized carbons (Fsp3) is 0. The lowest BCUT2D eigenvalue weighted by molar-refractivity contribution is 0.104. The zero-order valence-electron chi connectivity index (χ0n) is 10.1. The van der Waals surface area contributed by atoms with Gasteiger partial charge in [0.05, 0.1) is 0 Å². The summed E-state index contributed by atoms with van der Waals surface area (Å²) in [6.45, 7) is 0. The molecule has 0 saturated carbocycles. The molecule has 4 rings (SSSR count). The van der Waals surface area contributed by atoms with Crippen LogP contribution in [-0.2, 0) is 0 Å². The molecule has 0 aliphatic heterocycles. The standard InChI is InChI=1S/C17H10O2/c18-12-6-5-10-8-16-15(9-11(10)7-12)13-3-1-2-4-14(13)17(16)19/h1-9,18H. The van der Waals surface area contributed by atoms with E-state index < -0.39 is 0 Å². The van der Waals surface area contributed by atoms with Crippen LogP contribution in [0.3, 0.4) is 0 Å². The van der Waals surface area contributed by atoms with Crippen LogP contribution in [0.4, 0.5) is 0 Å². The van der Waals surface area contributed by atoms with Crippen molar-refractivity contribution in [1.29, 1.82) is 0 Å². The van der Waals surface area contributed by atoms with Gasteiger partial charge in [0.1, 0.15) is 5.75 Å². The van der Waals surface area contributed by atoms with Crippen molar-refractivity contribution >= 4 is 16.6 Å². The smallest absolute Gasteiger partial charge is 0.194 e. The molecular formula is C17H10O2. The number of ketones is 1. The summed E-state index contributed by atoms with van der Waals surface area (Å²) in [7, 11) is 0. The minimum absolute atomic E-state index is 0.0839. The first-order valence-electron chi connectivity index (χ1n) is 6.15. The summed E-state index contributed by atoms with van der Waals surface area (Å²) in [5.74, 6) is 0.325. The lowest BCUT2D eigenvalue weighted by Crippen LogP contribution is -1.94. The van der Waals surface area contributed by atoms with Crippen molar-refractivity contribution in [2.24, 2.45) is 0 Å². The van der Waals surface area contributed by atoms with Crippen LogP contribution < -0.4 is 0 Å². The van der Waals surface area contributed by atoms with Crippen LogP contribution >= 0.6 is 0 Å². The Balaban J connectivity index is 2.11. The molecule has 0 amide bonds. The van der Waals surface area contributed by atoms with Gasteiger partial charge in [0.25, 0.3) is 0 Å². The number of phenols is 1. The number of hydrogen-bond donors (Lipinski definition) is 1. The lowest BCUT2D eigenvalue weighted by atomic mass is 10.0. The van der Waals surface area contributed by atoms with Crippen LogP contribution in [0.15, 0.2) is 54.6 Å². The van der Waals surface area contributed by atoms with Gasteiger partial charge in [0.2, 0.25) is 0 Å². The molecule has 19 heavy (non-hydrogen) atoms. The van der Waals surface area contributed by atoms with Gasteiger partial charge in [-0.2, -0.15) is 0 Å². The van der Waals surface area contributed by atoms with E-state index in [4.69, 9.17) is 0 Å². The molecule has 90 valence electrons. The minimum Gasteiger partial charge on any atom is -0.508 e. The second kappa shape index (κ2) is 3.45. The van der Waals surface area contributed by atoms with E-state index in [0.717, 1.165) is 33.0 Å². The highest BCUT2D eigenvalue weighted by molar-refractivity contribution is 6.23. The molecule has 2 nitrogen and oxygen atoms in total. The molecule has 0 spiro atoms. The van der Waals surface area contributed by atoms with E-state index in [-0.39, 0.29) is 11.5 Å². The Kier molecular flexibility index (Phi) is 1.88. The molecule has 2 heteroatoms. The molecular weight excluding hydrogens is 236 g/mol. The van der Waals surface area contributed by atoms with Gasteiger partial charge >= 0.3 is 0 Å². The molecule has 0 aromatic heterocycles. The van der Waals surface area contributed by atoms with Gasteiger partial charge in [0.15, 0.2) is 5.78 Å². The van der Waals surface area contributed by atoms with Crippen molar-refractivity contribution in [3.05, 3.63) is 65.7 Å². The third-order valence-corrected chi connectivity index (χ3v) is 3.67. The number of hydrogen-bond acceptors (Lipinski definition) is 2. The van der Waals surface area contributed by atoms with Crippen molar-refractivity contribution in [3.8, 4) is 16.9 Å². The van der Waals surface area contributed by atoms with Crippen molar-refractivity contribution in [1.82, 2.24) is 0 Å². The van der Waals surface area contributed by atoms with E-state index in [1.165, 1.54) is 0 Å². The van der Waals surface area contributed by atoms with Crippen molar-refractivity contribution < 1.29 is 9.90 Å². The Morgan fingerprint density at radius 1 is 0.684 bits per heavy atom. The number of phenolic OH excluding ortho intramolecular Hbond substituents is 1. The van der Waals surface area contributed by atoms with Crippen LogP contribution in [0, 0.1) is 0 Å².